The third kappa shape index (κ3) is 3.68. The number of hydrogen-bond acceptors (Lipinski definition) is 3. The molecule has 1 rings (SSSR count). The summed E-state index contributed by atoms with van der Waals surface area (Å²) in [6.45, 7) is 5.73. The molecule has 0 heterocycles. The van der Waals surface area contributed by atoms with E-state index in [0.29, 0.717) is 10.8 Å². The van der Waals surface area contributed by atoms with Crippen molar-refractivity contribution >= 4 is 17.5 Å². The molecule has 0 amide bonds. The van der Waals surface area contributed by atoms with Crippen molar-refractivity contribution in [2.45, 2.75) is 37.0 Å². The number of aliphatic hydroxyl groups is 1. The molecule has 1 atom stereocenters. The van der Waals surface area contributed by atoms with Crippen molar-refractivity contribution in [3.63, 3.8) is 0 Å². The van der Waals surface area contributed by atoms with E-state index in [2.05, 4.69) is 13.8 Å². The lowest BCUT2D eigenvalue weighted by Crippen LogP contribution is -2.15. The van der Waals surface area contributed by atoms with Crippen molar-refractivity contribution in [3.05, 3.63) is 29.8 Å². The van der Waals surface area contributed by atoms with Crippen molar-refractivity contribution in [2.24, 2.45) is 0 Å². The van der Waals surface area contributed by atoms with Gasteiger partial charge in [0.1, 0.15) is 6.10 Å². The molecule has 0 aliphatic carbocycles. The SMILES string of the molecule is CC(C)Sc1ccc(C(=O)C(C)O)cc1. The van der Waals surface area contributed by atoms with E-state index < -0.39 is 6.10 Å². The summed E-state index contributed by atoms with van der Waals surface area (Å²) in [5, 5.41) is 9.67. The van der Waals surface area contributed by atoms with Crippen LogP contribution in [0.3, 0.4) is 0 Å². The third-order valence-corrected chi connectivity index (χ3v) is 2.91. The number of thioether (sulfide) groups is 1. The van der Waals surface area contributed by atoms with Crippen molar-refractivity contribution in [1.29, 1.82) is 0 Å². The molecule has 0 spiro atoms. The van der Waals surface area contributed by atoms with Gasteiger partial charge in [-0.3, -0.25) is 4.79 Å². The van der Waals surface area contributed by atoms with Crippen LogP contribution in [0.25, 0.3) is 0 Å². The number of hydrogen-bond donors (Lipinski definition) is 1. The van der Waals surface area contributed by atoms with E-state index in [1.807, 2.05) is 12.1 Å². The van der Waals surface area contributed by atoms with Crippen LogP contribution in [-0.2, 0) is 0 Å². The summed E-state index contributed by atoms with van der Waals surface area (Å²) in [4.78, 5) is 12.6. The molecule has 15 heavy (non-hydrogen) atoms. The van der Waals surface area contributed by atoms with Gasteiger partial charge in [-0.25, -0.2) is 0 Å². The molecule has 0 aliphatic rings. The average molecular weight is 224 g/mol. The van der Waals surface area contributed by atoms with E-state index in [-0.39, 0.29) is 5.78 Å². The number of carbonyl (C=O) groups excluding carboxylic acids is 1. The molecule has 0 aliphatic heterocycles. The molecule has 3 heteroatoms. The smallest absolute Gasteiger partial charge is 0.190 e. The van der Waals surface area contributed by atoms with Gasteiger partial charge in [-0.1, -0.05) is 26.0 Å². The number of ketones is 1. The first-order valence-electron chi connectivity index (χ1n) is 4.99. The average Bonchev–Trinajstić information content (AvgIpc) is 2.17. The lowest BCUT2D eigenvalue weighted by molar-refractivity contribution is 0.0779. The maximum Gasteiger partial charge on any atom is 0.190 e. The maximum atomic E-state index is 11.4. The summed E-state index contributed by atoms with van der Waals surface area (Å²) in [6, 6.07) is 7.36. The van der Waals surface area contributed by atoms with Crippen LogP contribution in [0.1, 0.15) is 31.1 Å². The molecular weight excluding hydrogens is 208 g/mol. The van der Waals surface area contributed by atoms with Crippen LogP contribution < -0.4 is 0 Å². The molecule has 0 saturated carbocycles. The Balaban J connectivity index is 2.76. The van der Waals surface area contributed by atoms with Crippen molar-refractivity contribution in [1.82, 2.24) is 0 Å². The quantitative estimate of drug-likeness (QED) is 0.631. The van der Waals surface area contributed by atoms with Gasteiger partial charge in [0.15, 0.2) is 5.78 Å². The number of aliphatic hydroxyl groups excluding tert-OH is 1. The Morgan fingerprint density at radius 1 is 1.20 bits per heavy atom. The molecule has 1 aromatic rings. The minimum absolute atomic E-state index is 0.226. The van der Waals surface area contributed by atoms with Crippen molar-refractivity contribution < 1.29 is 9.90 Å². The Morgan fingerprint density at radius 2 is 1.73 bits per heavy atom. The molecule has 0 fully saturated rings. The highest BCUT2D eigenvalue weighted by atomic mass is 32.2. The summed E-state index contributed by atoms with van der Waals surface area (Å²) in [6.07, 6.45) is -0.923. The van der Waals surface area contributed by atoms with Gasteiger partial charge in [0.25, 0.3) is 0 Å². The summed E-state index contributed by atoms with van der Waals surface area (Å²) >= 11 is 1.75. The van der Waals surface area contributed by atoms with Gasteiger partial charge in [-0.05, 0) is 19.1 Å². The minimum Gasteiger partial charge on any atom is -0.385 e. The number of carbonyl (C=O) groups is 1. The van der Waals surface area contributed by atoms with Crippen LogP contribution >= 0.6 is 11.8 Å². The molecule has 0 bridgehead atoms. The first kappa shape index (κ1) is 12.3. The van der Waals surface area contributed by atoms with Gasteiger partial charge in [0, 0.05) is 15.7 Å². The highest BCUT2D eigenvalue weighted by Crippen LogP contribution is 2.23. The topological polar surface area (TPSA) is 37.3 Å². The molecule has 0 radical (unpaired) electrons. The van der Waals surface area contributed by atoms with Crippen LogP contribution in [0.15, 0.2) is 29.2 Å². The third-order valence-electron chi connectivity index (χ3n) is 1.89. The maximum absolute atomic E-state index is 11.4. The predicted molar refractivity (Wildman–Crippen MR) is 63.4 cm³/mol. The standard InChI is InChI=1S/C12H16O2S/c1-8(2)15-11-6-4-10(5-7-11)12(14)9(3)13/h4-9,13H,1-3H3. The Hall–Kier alpha value is -0.800. The van der Waals surface area contributed by atoms with Gasteiger partial charge in [-0.2, -0.15) is 0 Å². The molecule has 1 aromatic carbocycles. The van der Waals surface area contributed by atoms with E-state index in [4.69, 9.17) is 5.11 Å². The summed E-state index contributed by atoms with van der Waals surface area (Å²) < 4.78 is 0. The Kier molecular flexibility index (Phi) is 4.36. The van der Waals surface area contributed by atoms with E-state index in [9.17, 15) is 4.79 Å². The number of Topliss-reactive ketones (excluding diaryl/α,β-unsaturated/α-hetero) is 1. The van der Waals surface area contributed by atoms with Crippen LogP contribution in [0, 0.1) is 0 Å². The summed E-state index contributed by atoms with van der Waals surface area (Å²) in [5.41, 5.74) is 0.568. The van der Waals surface area contributed by atoms with Gasteiger partial charge in [0.05, 0.1) is 0 Å². The Labute approximate surface area is 94.7 Å². The summed E-state index contributed by atoms with van der Waals surface area (Å²) in [7, 11) is 0. The first-order valence-corrected chi connectivity index (χ1v) is 5.87. The molecule has 1 N–H and O–H groups in total. The van der Waals surface area contributed by atoms with E-state index in [1.54, 1.807) is 23.9 Å². The van der Waals surface area contributed by atoms with Gasteiger partial charge in [-0.15, -0.1) is 11.8 Å². The Morgan fingerprint density at radius 3 is 2.13 bits per heavy atom. The van der Waals surface area contributed by atoms with Gasteiger partial charge >= 0.3 is 0 Å². The van der Waals surface area contributed by atoms with Crippen molar-refractivity contribution in [2.75, 3.05) is 0 Å². The second kappa shape index (κ2) is 5.33. The molecular formula is C12H16O2S. The van der Waals surface area contributed by atoms with Gasteiger partial charge < -0.3 is 5.11 Å². The zero-order valence-electron chi connectivity index (χ0n) is 9.23. The van der Waals surface area contributed by atoms with Crippen LogP contribution in [0.4, 0.5) is 0 Å². The fraction of sp³-hybridized carbons (Fsp3) is 0.417. The van der Waals surface area contributed by atoms with E-state index >= 15 is 0 Å². The Bertz CT molecular complexity index is 328. The molecule has 0 saturated heterocycles. The normalized spacial score (nSPS) is 12.9. The van der Waals surface area contributed by atoms with Crippen LogP contribution in [0.5, 0.6) is 0 Å². The highest BCUT2D eigenvalue weighted by molar-refractivity contribution is 7.99. The van der Waals surface area contributed by atoms with Gasteiger partial charge in [0.2, 0.25) is 0 Å². The van der Waals surface area contributed by atoms with E-state index in [0.717, 1.165) is 4.90 Å². The largest absolute Gasteiger partial charge is 0.385 e. The fourth-order valence-corrected chi connectivity index (χ4v) is 2.05. The van der Waals surface area contributed by atoms with Crippen LogP contribution in [0.2, 0.25) is 0 Å². The zero-order chi connectivity index (χ0) is 11.4. The lowest BCUT2D eigenvalue weighted by Gasteiger charge is -2.06. The molecule has 1 unspecified atom stereocenters. The minimum atomic E-state index is -0.923. The van der Waals surface area contributed by atoms with Crippen molar-refractivity contribution in [3.8, 4) is 0 Å². The molecule has 2 nitrogen and oxygen atoms in total. The lowest BCUT2D eigenvalue weighted by atomic mass is 10.1. The fourth-order valence-electron chi connectivity index (χ4n) is 1.21. The number of rotatable bonds is 4. The highest BCUT2D eigenvalue weighted by Gasteiger charge is 2.11. The molecule has 82 valence electrons. The van der Waals surface area contributed by atoms with E-state index in [1.165, 1.54) is 6.92 Å². The summed E-state index contributed by atoms with van der Waals surface area (Å²) in [5.74, 6) is -0.226. The zero-order valence-corrected chi connectivity index (χ0v) is 10.0. The molecule has 0 aromatic heterocycles. The second-order valence-corrected chi connectivity index (χ2v) is 5.38. The second-order valence-electron chi connectivity index (χ2n) is 3.73. The van der Waals surface area contributed by atoms with Crippen LogP contribution in [-0.4, -0.2) is 22.2 Å². The number of benzene rings is 1. The first-order chi connectivity index (χ1) is 7.00. The predicted octanol–water partition coefficient (Wildman–Crippen LogP) is 2.75. The monoisotopic (exact) mass is 224 g/mol.